The Hall–Kier alpha value is -0.450. The Morgan fingerprint density at radius 3 is 2.38 bits per heavy atom. The molecule has 0 radical (unpaired) electrons. The number of hydrogen-bond acceptors (Lipinski definition) is 3. The molecule has 0 amide bonds. The first-order chi connectivity index (χ1) is 7.26. The molecule has 0 aliphatic rings. The first kappa shape index (κ1) is 13.6. The molecule has 3 nitrogen and oxygen atoms in total. The molecular weight excluding hydrogens is 271 g/mol. The lowest BCUT2D eigenvalue weighted by Crippen LogP contribution is -2.01. The zero-order chi connectivity index (χ0) is 12.5. The van der Waals surface area contributed by atoms with Crippen LogP contribution >= 0.6 is 22.3 Å². The van der Waals surface area contributed by atoms with E-state index in [-0.39, 0.29) is 5.75 Å². The quantitative estimate of drug-likeness (QED) is 0.801. The van der Waals surface area contributed by atoms with Crippen molar-refractivity contribution in [1.29, 1.82) is 0 Å². The Kier molecular flexibility index (Phi) is 4.10. The molecule has 0 bridgehead atoms. The molecular formula is C10H12Cl2O3S. The van der Waals surface area contributed by atoms with Crippen molar-refractivity contribution >= 4 is 31.3 Å². The van der Waals surface area contributed by atoms with Crippen molar-refractivity contribution < 1.29 is 13.2 Å². The molecule has 6 heteroatoms. The third-order valence-electron chi connectivity index (χ3n) is 2.33. The minimum absolute atomic E-state index is 0.293. The number of aryl methyl sites for hydroxylation is 1. The van der Waals surface area contributed by atoms with Gasteiger partial charge in [0.2, 0.25) is 9.05 Å². The third kappa shape index (κ3) is 3.03. The van der Waals surface area contributed by atoms with Crippen LogP contribution in [0.3, 0.4) is 0 Å². The van der Waals surface area contributed by atoms with Gasteiger partial charge in [-0.25, -0.2) is 8.42 Å². The summed E-state index contributed by atoms with van der Waals surface area (Å²) >= 11 is 6.07. The van der Waals surface area contributed by atoms with E-state index in [4.69, 9.17) is 27.0 Å². The van der Waals surface area contributed by atoms with Crippen LogP contribution in [-0.4, -0.2) is 15.5 Å². The second-order valence-corrected chi connectivity index (χ2v) is 6.66. The van der Waals surface area contributed by atoms with Gasteiger partial charge < -0.3 is 4.74 Å². The van der Waals surface area contributed by atoms with Gasteiger partial charge in [-0.05, 0) is 25.0 Å². The summed E-state index contributed by atoms with van der Waals surface area (Å²) in [6.45, 7) is 3.70. The Morgan fingerprint density at radius 2 is 1.94 bits per heavy atom. The molecule has 0 N–H and O–H groups in total. The smallest absolute Gasteiger partial charge is 0.236 e. The largest absolute Gasteiger partial charge is 0.495 e. The summed E-state index contributed by atoms with van der Waals surface area (Å²) in [6, 6.07) is 1.72. The van der Waals surface area contributed by atoms with Gasteiger partial charge in [-0.3, -0.25) is 0 Å². The van der Waals surface area contributed by atoms with E-state index < -0.39 is 9.05 Å². The predicted molar refractivity (Wildman–Crippen MR) is 66.0 cm³/mol. The molecule has 0 aliphatic carbocycles. The minimum atomic E-state index is -3.62. The average molecular weight is 283 g/mol. The molecule has 16 heavy (non-hydrogen) atoms. The molecule has 90 valence electrons. The molecule has 0 saturated carbocycles. The van der Waals surface area contributed by atoms with Crippen LogP contribution in [0.15, 0.2) is 6.07 Å². The molecule has 0 saturated heterocycles. The highest BCUT2D eigenvalue weighted by Crippen LogP contribution is 2.35. The maximum Gasteiger partial charge on any atom is 0.236 e. The van der Waals surface area contributed by atoms with Crippen LogP contribution in [0.2, 0.25) is 5.02 Å². The van der Waals surface area contributed by atoms with E-state index in [1.54, 1.807) is 6.07 Å². The molecule has 0 unspecified atom stereocenters. The fraction of sp³-hybridized carbons (Fsp3) is 0.400. The van der Waals surface area contributed by atoms with Crippen LogP contribution in [0.1, 0.15) is 16.7 Å². The maximum atomic E-state index is 11.0. The molecule has 0 heterocycles. The Morgan fingerprint density at radius 1 is 1.38 bits per heavy atom. The summed E-state index contributed by atoms with van der Waals surface area (Å²) in [4.78, 5) is 0. The van der Waals surface area contributed by atoms with Crippen LogP contribution in [-0.2, 0) is 14.8 Å². The van der Waals surface area contributed by atoms with Crippen LogP contribution < -0.4 is 4.74 Å². The molecule has 1 aromatic rings. The SMILES string of the molecule is COc1c(CS(=O)(=O)Cl)cc(C)c(C)c1Cl. The number of methoxy groups -OCH3 is 1. The standard InChI is InChI=1S/C10H12Cl2O3S/c1-6-4-8(5-16(12,13)14)10(15-3)9(11)7(6)2/h4H,5H2,1-3H3. The summed E-state index contributed by atoms with van der Waals surface area (Å²) in [7, 11) is 3.04. The molecule has 0 fully saturated rings. The van der Waals surface area contributed by atoms with E-state index in [9.17, 15) is 8.42 Å². The van der Waals surface area contributed by atoms with Crippen LogP contribution in [0.5, 0.6) is 5.75 Å². The van der Waals surface area contributed by atoms with E-state index in [0.29, 0.717) is 16.3 Å². The molecule has 1 rings (SSSR count). The summed E-state index contributed by atoms with van der Waals surface area (Å²) in [5.74, 6) is 0.0764. The number of ether oxygens (including phenoxy) is 1. The predicted octanol–water partition coefficient (Wildman–Crippen LogP) is 3.03. The van der Waals surface area contributed by atoms with Gasteiger partial charge in [0.1, 0.15) is 5.75 Å². The lowest BCUT2D eigenvalue weighted by atomic mass is 10.1. The maximum absolute atomic E-state index is 11.0. The minimum Gasteiger partial charge on any atom is -0.495 e. The van der Waals surface area contributed by atoms with Gasteiger partial charge in [0.25, 0.3) is 0 Å². The zero-order valence-electron chi connectivity index (χ0n) is 9.17. The van der Waals surface area contributed by atoms with Gasteiger partial charge in [-0.1, -0.05) is 17.7 Å². The number of rotatable bonds is 3. The molecule has 0 aliphatic heterocycles. The number of hydrogen-bond donors (Lipinski definition) is 0. The molecule has 0 spiro atoms. The monoisotopic (exact) mass is 282 g/mol. The van der Waals surface area contributed by atoms with E-state index in [1.807, 2.05) is 13.8 Å². The lowest BCUT2D eigenvalue weighted by Gasteiger charge is -2.13. The summed E-state index contributed by atoms with van der Waals surface area (Å²) in [6.07, 6.45) is 0. The second kappa shape index (κ2) is 4.82. The van der Waals surface area contributed by atoms with E-state index in [0.717, 1.165) is 11.1 Å². The van der Waals surface area contributed by atoms with E-state index >= 15 is 0 Å². The highest BCUT2D eigenvalue weighted by molar-refractivity contribution is 8.13. The molecule has 1 aromatic carbocycles. The molecule has 0 aromatic heterocycles. The van der Waals surface area contributed by atoms with Gasteiger partial charge in [0.15, 0.2) is 0 Å². The van der Waals surface area contributed by atoms with E-state index in [2.05, 4.69) is 0 Å². The number of benzene rings is 1. The summed E-state index contributed by atoms with van der Waals surface area (Å²) in [5.41, 5.74) is 2.25. The van der Waals surface area contributed by atoms with Crippen LogP contribution in [0.4, 0.5) is 0 Å². The van der Waals surface area contributed by atoms with Crippen molar-refractivity contribution in [1.82, 2.24) is 0 Å². The van der Waals surface area contributed by atoms with Gasteiger partial charge in [0, 0.05) is 16.2 Å². The first-order valence-corrected chi connectivity index (χ1v) is 7.36. The van der Waals surface area contributed by atoms with Gasteiger partial charge in [0.05, 0.1) is 17.9 Å². The van der Waals surface area contributed by atoms with Gasteiger partial charge in [-0.15, -0.1) is 0 Å². The Balaban J connectivity index is 3.39. The fourth-order valence-electron chi connectivity index (χ4n) is 1.43. The van der Waals surface area contributed by atoms with Crippen molar-refractivity contribution in [3.05, 3.63) is 27.8 Å². The second-order valence-electron chi connectivity index (χ2n) is 3.51. The Bertz CT molecular complexity index is 509. The summed E-state index contributed by atoms with van der Waals surface area (Å²) < 4.78 is 27.2. The topological polar surface area (TPSA) is 43.4 Å². The first-order valence-electron chi connectivity index (χ1n) is 4.51. The van der Waals surface area contributed by atoms with Crippen molar-refractivity contribution in [3.63, 3.8) is 0 Å². The highest BCUT2D eigenvalue weighted by Gasteiger charge is 2.17. The van der Waals surface area contributed by atoms with Crippen molar-refractivity contribution in [2.45, 2.75) is 19.6 Å². The van der Waals surface area contributed by atoms with Crippen molar-refractivity contribution in [3.8, 4) is 5.75 Å². The number of halogens is 2. The van der Waals surface area contributed by atoms with Crippen molar-refractivity contribution in [2.75, 3.05) is 7.11 Å². The highest BCUT2D eigenvalue weighted by atomic mass is 35.7. The van der Waals surface area contributed by atoms with Gasteiger partial charge >= 0.3 is 0 Å². The third-order valence-corrected chi connectivity index (χ3v) is 3.77. The Labute approximate surface area is 105 Å². The lowest BCUT2D eigenvalue weighted by molar-refractivity contribution is 0.411. The van der Waals surface area contributed by atoms with Crippen LogP contribution in [0.25, 0.3) is 0 Å². The molecule has 0 atom stereocenters. The van der Waals surface area contributed by atoms with Crippen LogP contribution in [0, 0.1) is 13.8 Å². The fourth-order valence-corrected chi connectivity index (χ4v) is 2.72. The van der Waals surface area contributed by atoms with Gasteiger partial charge in [-0.2, -0.15) is 0 Å². The normalized spacial score (nSPS) is 11.6. The average Bonchev–Trinajstić information content (AvgIpc) is 2.12. The van der Waals surface area contributed by atoms with Crippen molar-refractivity contribution in [2.24, 2.45) is 0 Å². The summed E-state index contributed by atoms with van der Waals surface area (Å²) in [5, 5.41) is 0.429. The van der Waals surface area contributed by atoms with E-state index in [1.165, 1.54) is 7.11 Å². The zero-order valence-corrected chi connectivity index (χ0v) is 11.5.